The van der Waals surface area contributed by atoms with Gasteiger partial charge in [-0.2, -0.15) is 0 Å². The van der Waals surface area contributed by atoms with Gasteiger partial charge in [-0.25, -0.2) is 17.5 Å². The molecular weight excluding hydrogens is 626 g/mol. The molecule has 1 fully saturated rings. The first kappa shape index (κ1) is 39.3. The maximum atomic E-state index is 15.5. The molecule has 0 radical (unpaired) electrons. The fourth-order valence-electron chi connectivity index (χ4n) is 6.18. The molecule has 1 aliphatic rings. The molecule has 3 nitrogen and oxygen atoms in total. The van der Waals surface area contributed by atoms with E-state index in [0.29, 0.717) is 19.0 Å². The molecule has 3 aromatic carbocycles. The standard InChI is InChI=1S/C39H51F3N2S.C2H4O/c1-11-12-30-19-31(21-32(20-30)39(8,9)10)23-43(33-16-14-25(3)26(4)18-33)27(5)22-44(34-15-13-24(2)17-34)45-38-36(41)29(7)28(6)35(40)37(38)42;1-2-3/h14,16,18-21,24,34H,5,11-13,15,17,22-23H2,1-4,6-10H3;2-3H,1H2. The number of halogens is 3. The lowest BCUT2D eigenvalue weighted by Crippen LogP contribution is -2.34. The third kappa shape index (κ3) is 9.72. The van der Waals surface area contributed by atoms with Gasteiger partial charge in [-0.15, -0.1) is 0 Å². The predicted molar refractivity (Wildman–Crippen MR) is 198 cm³/mol. The van der Waals surface area contributed by atoms with Crippen LogP contribution < -0.4 is 4.90 Å². The first-order valence-corrected chi connectivity index (χ1v) is 17.8. The maximum Gasteiger partial charge on any atom is 0.176 e. The Bertz CT molecular complexity index is 1570. The van der Waals surface area contributed by atoms with Gasteiger partial charge in [0.05, 0.1) is 11.2 Å². The number of benzene rings is 3. The summed E-state index contributed by atoms with van der Waals surface area (Å²) in [6, 6.07) is 13.5. The Morgan fingerprint density at radius 3 is 2.12 bits per heavy atom. The second kappa shape index (κ2) is 17.0. The Morgan fingerprint density at radius 1 is 0.938 bits per heavy atom. The Labute approximate surface area is 292 Å². The Kier molecular flexibility index (Phi) is 13.9. The lowest BCUT2D eigenvalue weighted by molar-refractivity contribution is 0.364. The summed E-state index contributed by atoms with van der Waals surface area (Å²) < 4.78 is 47.7. The van der Waals surface area contributed by atoms with Gasteiger partial charge in [0.1, 0.15) is 5.82 Å². The molecule has 48 heavy (non-hydrogen) atoms. The van der Waals surface area contributed by atoms with Crippen LogP contribution in [-0.2, 0) is 18.4 Å². The number of rotatable bonds is 11. The fourth-order valence-corrected chi connectivity index (χ4v) is 7.37. The van der Waals surface area contributed by atoms with Crippen LogP contribution >= 0.6 is 11.9 Å². The van der Waals surface area contributed by atoms with Gasteiger partial charge in [0.15, 0.2) is 11.6 Å². The van der Waals surface area contributed by atoms with Crippen LogP contribution in [0, 0.1) is 51.1 Å². The topological polar surface area (TPSA) is 26.7 Å². The van der Waals surface area contributed by atoms with E-state index in [9.17, 15) is 4.39 Å². The van der Waals surface area contributed by atoms with E-state index >= 15 is 8.78 Å². The van der Waals surface area contributed by atoms with Crippen molar-refractivity contribution in [3.8, 4) is 0 Å². The molecule has 1 saturated carbocycles. The predicted octanol–water partition coefficient (Wildman–Crippen LogP) is 12.0. The molecule has 1 aliphatic carbocycles. The van der Waals surface area contributed by atoms with Gasteiger partial charge in [0.2, 0.25) is 0 Å². The van der Waals surface area contributed by atoms with Crippen LogP contribution in [0.5, 0.6) is 0 Å². The summed E-state index contributed by atoms with van der Waals surface area (Å²) in [6.45, 7) is 26.8. The van der Waals surface area contributed by atoms with Crippen molar-refractivity contribution in [3.05, 3.63) is 118 Å². The zero-order valence-electron chi connectivity index (χ0n) is 30.4. The summed E-state index contributed by atoms with van der Waals surface area (Å²) in [7, 11) is 0. The Morgan fingerprint density at radius 2 is 1.56 bits per heavy atom. The van der Waals surface area contributed by atoms with Gasteiger partial charge in [-0.05, 0) is 128 Å². The summed E-state index contributed by atoms with van der Waals surface area (Å²) >= 11 is 1.00. The minimum atomic E-state index is -1.12. The Hall–Kier alpha value is -3.16. The lowest BCUT2D eigenvalue weighted by atomic mass is 9.84. The van der Waals surface area contributed by atoms with Crippen LogP contribution in [0.4, 0.5) is 18.9 Å². The first-order chi connectivity index (χ1) is 22.5. The number of hydrogen-bond donors (Lipinski definition) is 1. The molecule has 0 saturated heterocycles. The van der Waals surface area contributed by atoms with Crippen molar-refractivity contribution in [1.29, 1.82) is 0 Å². The van der Waals surface area contributed by atoms with Crippen molar-refractivity contribution < 1.29 is 18.3 Å². The summed E-state index contributed by atoms with van der Waals surface area (Å²) in [5.74, 6) is -2.28. The van der Waals surface area contributed by atoms with Gasteiger partial charge < -0.3 is 10.0 Å². The highest BCUT2D eigenvalue weighted by molar-refractivity contribution is 7.97. The molecule has 0 amide bonds. The van der Waals surface area contributed by atoms with E-state index in [4.69, 9.17) is 5.11 Å². The van der Waals surface area contributed by atoms with Crippen LogP contribution in [0.1, 0.15) is 99.2 Å². The molecular formula is C41H55F3N2OS. The molecule has 0 aromatic heterocycles. The molecule has 2 atom stereocenters. The number of nitrogens with zero attached hydrogens (tertiary/aromatic N) is 2. The third-order valence-electron chi connectivity index (χ3n) is 9.42. The van der Waals surface area contributed by atoms with Crippen LogP contribution in [0.3, 0.4) is 0 Å². The Balaban J connectivity index is 0.00000201. The lowest BCUT2D eigenvalue weighted by Gasteiger charge is -2.34. The second-order valence-electron chi connectivity index (χ2n) is 14.4. The van der Waals surface area contributed by atoms with Crippen LogP contribution in [0.2, 0.25) is 0 Å². The molecule has 2 unspecified atom stereocenters. The van der Waals surface area contributed by atoms with E-state index in [2.05, 4.69) is 103 Å². The first-order valence-electron chi connectivity index (χ1n) is 17.0. The largest absolute Gasteiger partial charge is 0.516 e. The van der Waals surface area contributed by atoms with Gasteiger partial charge in [-0.1, -0.05) is 78.5 Å². The van der Waals surface area contributed by atoms with E-state index in [0.717, 1.165) is 61.7 Å². The fraction of sp³-hybridized carbons (Fsp3) is 0.463. The van der Waals surface area contributed by atoms with Crippen LogP contribution in [0.25, 0.3) is 0 Å². The second-order valence-corrected chi connectivity index (χ2v) is 15.5. The molecule has 262 valence electrons. The molecule has 0 aliphatic heterocycles. The maximum absolute atomic E-state index is 15.5. The highest BCUT2D eigenvalue weighted by Crippen LogP contribution is 2.40. The number of anilines is 1. The zero-order chi connectivity index (χ0) is 35.9. The van der Waals surface area contributed by atoms with Gasteiger partial charge in [0, 0.05) is 30.5 Å². The van der Waals surface area contributed by atoms with Crippen molar-refractivity contribution in [2.24, 2.45) is 5.92 Å². The molecule has 0 bridgehead atoms. The monoisotopic (exact) mass is 680 g/mol. The molecule has 0 heterocycles. The summed E-state index contributed by atoms with van der Waals surface area (Å²) in [5, 5.41) is 7.33. The number of aryl methyl sites for hydroxylation is 3. The van der Waals surface area contributed by atoms with E-state index in [1.807, 2.05) is 4.31 Å². The quantitative estimate of drug-likeness (QED) is 0.124. The normalized spacial score (nSPS) is 16.1. The van der Waals surface area contributed by atoms with E-state index in [1.165, 1.54) is 41.7 Å². The smallest absolute Gasteiger partial charge is 0.176 e. The van der Waals surface area contributed by atoms with E-state index < -0.39 is 17.5 Å². The average molecular weight is 681 g/mol. The van der Waals surface area contributed by atoms with Crippen LogP contribution in [0.15, 0.2) is 66.4 Å². The minimum absolute atomic E-state index is 0.00296. The van der Waals surface area contributed by atoms with Crippen molar-refractivity contribution in [3.63, 3.8) is 0 Å². The van der Waals surface area contributed by atoms with Crippen molar-refractivity contribution in [1.82, 2.24) is 4.31 Å². The highest BCUT2D eigenvalue weighted by Gasteiger charge is 2.32. The summed E-state index contributed by atoms with van der Waals surface area (Å²) in [4.78, 5) is 1.96. The van der Waals surface area contributed by atoms with Gasteiger partial charge in [0.25, 0.3) is 0 Å². The van der Waals surface area contributed by atoms with Crippen molar-refractivity contribution in [2.75, 3.05) is 11.4 Å². The molecule has 3 aromatic rings. The summed E-state index contributed by atoms with van der Waals surface area (Å²) in [6.07, 6.45) is 5.69. The van der Waals surface area contributed by atoms with E-state index in [-0.39, 0.29) is 27.5 Å². The molecule has 4 rings (SSSR count). The minimum Gasteiger partial charge on any atom is -0.516 e. The number of aliphatic hydroxyl groups excluding tert-OH is 1. The zero-order valence-corrected chi connectivity index (χ0v) is 31.3. The SMILES string of the molecule is C=C(CN(Sc1c(F)c(C)c(C)c(F)c1F)C1CCC(C)C1)N(Cc1cc(CCC)cc(C(C)(C)C)c1)c1ccc(C)c(C)c1.C=CO. The molecule has 7 heteroatoms. The molecule has 0 spiro atoms. The van der Waals surface area contributed by atoms with Gasteiger partial charge >= 0.3 is 0 Å². The van der Waals surface area contributed by atoms with Crippen LogP contribution in [-0.4, -0.2) is 22.0 Å². The van der Waals surface area contributed by atoms with E-state index in [1.54, 1.807) is 0 Å². The highest BCUT2D eigenvalue weighted by atomic mass is 32.2. The molecule has 1 N–H and O–H groups in total. The number of aliphatic hydroxyl groups is 1. The average Bonchev–Trinajstić information content (AvgIpc) is 3.46. The van der Waals surface area contributed by atoms with Crippen molar-refractivity contribution >= 4 is 17.6 Å². The summed E-state index contributed by atoms with van der Waals surface area (Å²) in [5.41, 5.74) is 8.24. The van der Waals surface area contributed by atoms with Crippen molar-refractivity contribution in [2.45, 2.75) is 117 Å². The third-order valence-corrected chi connectivity index (χ3v) is 10.6. The number of hydrogen-bond acceptors (Lipinski definition) is 4. The van der Waals surface area contributed by atoms with Gasteiger partial charge in [-0.3, -0.25) is 0 Å².